The van der Waals surface area contributed by atoms with E-state index in [9.17, 15) is 9.59 Å². The summed E-state index contributed by atoms with van der Waals surface area (Å²) in [6.07, 6.45) is -0.931. The van der Waals surface area contributed by atoms with Crippen LogP contribution in [0.15, 0.2) is 48.5 Å². The molecule has 0 spiro atoms. The van der Waals surface area contributed by atoms with Crippen LogP contribution in [0, 0.1) is 0 Å². The lowest BCUT2D eigenvalue weighted by Crippen LogP contribution is -2.28. The van der Waals surface area contributed by atoms with Crippen molar-refractivity contribution in [2.24, 2.45) is 0 Å². The highest BCUT2D eigenvalue weighted by Crippen LogP contribution is 2.24. The van der Waals surface area contributed by atoms with Crippen LogP contribution in [0.4, 0.5) is 5.69 Å². The molecular formula is C21H25NO5. The Kier molecular flexibility index (Phi) is 7.23. The highest BCUT2D eigenvalue weighted by Gasteiger charge is 2.18. The van der Waals surface area contributed by atoms with Crippen molar-refractivity contribution in [3.8, 4) is 11.5 Å². The van der Waals surface area contributed by atoms with Crippen molar-refractivity contribution in [2.75, 3.05) is 11.9 Å². The molecule has 0 aliphatic carbocycles. The Labute approximate surface area is 159 Å². The summed E-state index contributed by atoms with van der Waals surface area (Å²) in [7, 11) is 0. The van der Waals surface area contributed by atoms with Crippen LogP contribution >= 0.6 is 0 Å². The smallest absolute Gasteiger partial charge is 0.347 e. The lowest BCUT2D eigenvalue weighted by molar-refractivity contribution is -0.154. The standard InChI is InChI=1S/C21H25NO5/c1-5-25-19-9-7-6-8-18(19)22-20(23)16-10-12-17(13-11-16)27-15(4)21(24)26-14(2)3/h6-15H,5H2,1-4H3,(H,22,23)/t15-/m1/s1. The van der Waals surface area contributed by atoms with Crippen LogP contribution in [0.1, 0.15) is 38.1 Å². The molecule has 2 aromatic rings. The van der Waals surface area contributed by atoms with Crippen molar-refractivity contribution in [1.82, 2.24) is 0 Å². The van der Waals surface area contributed by atoms with Crippen LogP contribution in [0.3, 0.4) is 0 Å². The Morgan fingerprint density at radius 3 is 2.30 bits per heavy atom. The molecule has 0 aliphatic rings. The number of benzene rings is 2. The molecule has 0 bridgehead atoms. The van der Waals surface area contributed by atoms with Crippen LogP contribution in [-0.2, 0) is 9.53 Å². The molecule has 0 saturated carbocycles. The topological polar surface area (TPSA) is 73.9 Å². The molecule has 0 aliphatic heterocycles. The summed E-state index contributed by atoms with van der Waals surface area (Å²) in [6, 6.07) is 13.8. The van der Waals surface area contributed by atoms with Crippen molar-refractivity contribution in [1.29, 1.82) is 0 Å². The fourth-order valence-electron chi connectivity index (χ4n) is 2.31. The fraction of sp³-hybridized carbons (Fsp3) is 0.333. The number of carbonyl (C=O) groups excluding carboxylic acids is 2. The number of hydrogen-bond acceptors (Lipinski definition) is 5. The summed E-state index contributed by atoms with van der Waals surface area (Å²) in [5, 5.41) is 2.83. The van der Waals surface area contributed by atoms with Gasteiger partial charge in [0.25, 0.3) is 5.91 Å². The maximum absolute atomic E-state index is 12.5. The van der Waals surface area contributed by atoms with E-state index < -0.39 is 12.1 Å². The van der Waals surface area contributed by atoms with Crippen LogP contribution in [0.2, 0.25) is 0 Å². The monoisotopic (exact) mass is 371 g/mol. The predicted molar refractivity (Wildman–Crippen MR) is 103 cm³/mol. The van der Waals surface area contributed by atoms with Gasteiger partial charge >= 0.3 is 5.97 Å². The molecule has 6 heteroatoms. The first kappa shape index (κ1) is 20.3. The molecule has 0 unspecified atom stereocenters. The number of ether oxygens (including phenoxy) is 3. The molecule has 1 N–H and O–H groups in total. The van der Waals surface area contributed by atoms with Gasteiger partial charge < -0.3 is 19.5 Å². The Bertz CT molecular complexity index is 770. The number of esters is 1. The van der Waals surface area contributed by atoms with E-state index in [0.29, 0.717) is 29.4 Å². The lowest BCUT2D eigenvalue weighted by Gasteiger charge is -2.16. The fourth-order valence-corrected chi connectivity index (χ4v) is 2.31. The molecular weight excluding hydrogens is 346 g/mol. The van der Waals surface area contributed by atoms with Gasteiger partial charge in [0.05, 0.1) is 18.4 Å². The van der Waals surface area contributed by atoms with Crippen LogP contribution in [0.5, 0.6) is 11.5 Å². The molecule has 2 rings (SSSR count). The van der Waals surface area contributed by atoms with E-state index in [2.05, 4.69) is 5.32 Å². The van der Waals surface area contributed by atoms with E-state index in [1.807, 2.05) is 19.1 Å². The van der Waals surface area contributed by atoms with E-state index in [-0.39, 0.29) is 12.0 Å². The van der Waals surface area contributed by atoms with Crippen LogP contribution in [-0.4, -0.2) is 30.7 Å². The average molecular weight is 371 g/mol. The summed E-state index contributed by atoms with van der Waals surface area (Å²) in [5.74, 6) is 0.403. The zero-order valence-corrected chi connectivity index (χ0v) is 16.0. The van der Waals surface area contributed by atoms with Crippen LogP contribution < -0.4 is 14.8 Å². The minimum atomic E-state index is -0.731. The third-order valence-electron chi connectivity index (χ3n) is 3.55. The van der Waals surface area contributed by atoms with Crippen molar-refractivity contribution in [3.63, 3.8) is 0 Å². The van der Waals surface area contributed by atoms with E-state index in [1.165, 1.54) is 0 Å². The minimum absolute atomic E-state index is 0.200. The van der Waals surface area contributed by atoms with Gasteiger partial charge in [-0.25, -0.2) is 4.79 Å². The average Bonchev–Trinajstić information content (AvgIpc) is 2.63. The zero-order valence-electron chi connectivity index (χ0n) is 16.0. The molecule has 0 fully saturated rings. The molecule has 27 heavy (non-hydrogen) atoms. The Morgan fingerprint density at radius 2 is 1.67 bits per heavy atom. The van der Waals surface area contributed by atoms with Gasteiger partial charge in [0.15, 0.2) is 6.10 Å². The van der Waals surface area contributed by atoms with Crippen molar-refractivity contribution < 1.29 is 23.8 Å². The maximum Gasteiger partial charge on any atom is 0.347 e. The van der Waals surface area contributed by atoms with Gasteiger partial charge in [-0.15, -0.1) is 0 Å². The maximum atomic E-state index is 12.5. The van der Waals surface area contributed by atoms with Crippen molar-refractivity contribution >= 4 is 17.6 Å². The summed E-state index contributed by atoms with van der Waals surface area (Å²) < 4.78 is 16.2. The molecule has 6 nitrogen and oxygen atoms in total. The van der Waals surface area contributed by atoms with Gasteiger partial charge in [0, 0.05) is 5.56 Å². The number of hydrogen-bond donors (Lipinski definition) is 1. The second kappa shape index (κ2) is 9.62. The number of amides is 1. The second-order valence-corrected chi connectivity index (χ2v) is 6.15. The summed E-state index contributed by atoms with van der Waals surface area (Å²) in [6.45, 7) is 7.57. The van der Waals surface area contributed by atoms with Gasteiger partial charge in [-0.2, -0.15) is 0 Å². The third-order valence-corrected chi connectivity index (χ3v) is 3.55. The minimum Gasteiger partial charge on any atom is -0.492 e. The van der Waals surface area contributed by atoms with E-state index in [0.717, 1.165) is 0 Å². The molecule has 0 heterocycles. The number of rotatable bonds is 8. The molecule has 0 aromatic heterocycles. The Balaban J connectivity index is 2.00. The summed E-state index contributed by atoms with van der Waals surface area (Å²) >= 11 is 0. The normalized spacial score (nSPS) is 11.6. The first-order valence-electron chi connectivity index (χ1n) is 8.91. The van der Waals surface area contributed by atoms with Crippen LogP contribution in [0.25, 0.3) is 0 Å². The van der Waals surface area contributed by atoms with E-state index in [4.69, 9.17) is 14.2 Å². The predicted octanol–water partition coefficient (Wildman–Crippen LogP) is 4.06. The number of anilines is 1. The lowest BCUT2D eigenvalue weighted by atomic mass is 10.2. The number of carbonyl (C=O) groups is 2. The SMILES string of the molecule is CCOc1ccccc1NC(=O)c1ccc(O[C@H](C)C(=O)OC(C)C)cc1. The van der Waals surface area contributed by atoms with Crippen molar-refractivity contribution in [3.05, 3.63) is 54.1 Å². The van der Waals surface area contributed by atoms with E-state index in [1.54, 1.807) is 57.2 Å². The highest BCUT2D eigenvalue weighted by molar-refractivity contribution is 6.05. The molecule has 0 radical (unpaired) electrons. The largest absolute Gasteiger partial charge is 0.492 e. The zero-order chi connectivity index (χ0) is 19.8. The van der Waals surface area contributed by atoms with Gasteiger partial charge in [-0.1, -0.05) is 12.1 Å². The summed E-state index contributed by atoms with van der Waals surface area (Å²) in [5.41, 5.74) is 1.07. The van der Waals surface area contributed by atoms with Gasteiger partial charge in [0.1, 0.15) is 11.5 Å². The van der Waals surface area contributed by atoms with E-state index >= 15 is 0 Å². The first-order chi connectivity index (χ1) is 12.9. The highest BCUT2D eigenvalue weighted by atomic mass is 16.6. The molecule has 2 aromatic carbocycles. The molecule has 144 valence electrons. The number of nitrogens with one attached hydrogen (secondary N) is 1. The summed E-state index contributed by atoms with van der Waals surface area (Å²) in [4.78, 5) is 24.3. The second-order valence-electron chi connectivity index (χ2n) is 6.15. The first-order valence-corrected chi connectivity index (χ1v) is 8.91. The molecule has 0 saturated heterocycles. The van der Waals surface area contributed by atoms with Gasteiger partial charge in [0.2, 0.25) is 0 Å². The third kappa shape index (κ3) is 6.02. The quantitative estimate of drug-likeness (QED) is 0.709. The Hall–Kier alpha value is -3.02. The molecule has 1 atom stereocenters. The Morgan fingerprint density at radius 1 is 1.00 bits per heavy atom. The van der Waals surface area contributed by atoms with Gasteiger partial charge in [-0.3, -0.25) is 4.79 Å². The number of para-hydroxylation sites is 2. The molecule has 1 amide bonds. The van der Waals surface area contributed by atoms with Gasteiger partial charge in [-0.05, 0) is 64.1 Å². The van der Waals surface area contributed by atoms with Crippen molar-refractivity contribution in [2.45, 2.75) is 39.9 Å².